The molecule has 1 aromatic rings. The Hall–Kier alpha value is -1.97. The van der Waals surface area contributed by atoms with Crippen molar-refractivity contribution in [2.45, 2.75) is 25.4 Å². The molecular formula is C11H12F3N3O. The van der Waals surface area contributed by atoms with Crippen LogP contribution in [-0.4, -0.2) is 15.5 Å². The first kappa shape index (κ1) is 14.1. The van der Waals surface area contributed by atoms with E-state index in [2.05, 4.69) is 16.2 Å². The average Bonchev–Trinajstić information content (AvgIpc) is 2.60. The van der Waals surface area contributed by atoms with Gasteiger partial charge in [-0.3, -0.25) is 10.1 Å². The van der Waals surface area contributed by atoms with Gasteiger partial charge in [0.15, 0.2) is 5.69 Å². The fourth-order valence-electron chi connectivity index (χ4n) is 1.26. The molecule has 0 aliphatic rings. The molecule has 0 spiro atoms. The second-order valence-electron chi connectivity index (χ2n) is 3.66. The van der Waals surface area contributed by atoms with Gasteiger partial charge in [0.05, 0.1) is 0 Å². The van der Waals surface area contributed by atoms with E-state index < -0.39 is 17.8 Å². The molecule has 1 N–H and O–H groups in total. The van der Waals surface area contributed by atoms with Gasteiger partial charge in [0.25, 0.3) is 0 Å². The standard InChI is InChI=1S/C11H12F3N3O/c1-3-4-5-6-9(18)16-10-15-8(7-17(10)2)11(12,13)14/h1,7H,4-6H2,2H3,(H,15,16,18). The Morgan fingerprint density at radius 3 is 2.78 bits per heavy atom. The number of carbonyl (C=O) groups is 1. The maximum absolute atomic E-state index is 12.4. The van der Waals surface area contributed by atoms with Crippen molar-refractivity contribution < 1.29 is 18.0 Å². The lowest BCUT2D eigenvalue weighted by molar-refractivity contribution is -0.141. The van der Waals surface area contributed by atoms with Crippen LogP contribution in [0.15, 0.2) is 6.20 Å². The summed E-state index contributed by atoms with van der Waals surface area (Å²) in [5.74, 6) is 1.83. The smallest absolute Gasteiger partial charge is 0.320 e. The van der Waals surface area contributed by atoms with E-state index in [0.717, 1.165) is 10.8 Å². The summed E-state index contributed by atoms with van der Waals surface area (Å²) in [4.78, 5) is 14.7. The molecule has 7 heteroatoms. The summed E-state index contributed by atoms with van der Waals surface area (Å²) in [5.41, 5.74) is -1.04. The molecule has 1 aromatic heterocycles. The summed E-state index contributed by atoms with van der Waals surface area (Å²) in [6.07, 6.45) is 2.39. The number of nitrogens with zero attached hydrogens (tertiary/aromatic N) is 2. The van der Waals surface area contributed by atoms with Crippen LogP contribution in [0.3, 0.4) is 0 Å². The van der Waals surface area contributed by atoms with E-state index in [1.165, 1.54) is 7.05 Å². The fourth-order valence-corrected chi connectivity index (χ4v) is 1.26. The zero-order valence-corrected chi connectivity index (χ0v) is 9.71. The van der Waals surface area contributed by atoms with Crippen molar-refractivity contribution in [1.29, 1.82) is 0 Å². The highest BCUT2D eigenvalue weighted by molar-refractivity contribution is 5.89. The van der Waals surface area contributed by atoms with Crippen LogP contribution in [-0.2, 0) is 18.0 Å². The van der Waals surface area contributed by atoms with Gasteiger partial charge in [-0.15, -0.1) is 12.3 Å². The number of rotatable bonds is 4. The largest absolute Gasteiger partial charge is 0.434 e. The Labute approximate surface area is 102 Å². The van der Waals surface area contributed by atoms with Crippen LogP contribution in [0.5, 0.6) is 0 Å². The highest BCUT2D eigenvalue weighted by atomic mass is 19.4. The molecule has 4 nitrogen and oxygen atoms in total. The summed E-state index contributed by atoms with van der Waals surface area (Å²) >= 11 is 0. The predicted molar refractivity (Wildman–Crippen MR) is 59.5 cm³/mol. The zero-order valence-electron chi connectivity index (χ0n) is 9.71. The molecule has 18 heavy (non-hydrogen) atoms. The van der Waals surface area contributed by atoms with Gasteiger partial charge in [-0.2, -0.15) is 13.2 Å². The Balaban J connectivity index is 2.66. The van der Waals surface area contributed by atoms with E-state index >= 15 is 0 Å². The van der Waals surface area contributed by atoms with Crippen LogP contribution in [0.4, 0.5) is 19.1 Å². The lowest BCUT2D eigenvalue weighted by Crippen LogP contribution is -2.14. The predicted octanol–water partition coefficient (Wildman–Crippen LogP) is 2.18. The van der Waals surface area contributed by atoms with Crippen LogP contribution in [0, 0.1) is 12.3 Å². The van der Waals surface area contributed by atoms with Crippen molar-refractivity contribution in [2.24, 2.45) is 7.05 Å². The first-order valence-electron chi connectivity index (χ1n) is 5.18. The maximum atomic E-state index is 12.4. The topological polar surface area (TPSA) is 46.9 Å². The summed E-state index contributed by atoms with van der Waals surface area (Å²) in [5, 5.41) is 2.31. The molecule has 0 aliphatic carbocycles. The maximum Gasteiger partial charge on any atom is 0.434 e. The molecule has 0 radical (unpaired) electrons. The highest BCUT2D eigenvalue weighted by Crippen LogP contribution is 2.29. The minimum atomic E-state index is -4.52. The Bertz CT molecular complexity index is 471. The van der Waals surface area contributed by atoms with Crippen LogP contribution < -0.4 is 5.32 Å². The highest BCUT2D eigenvalue weighted by Gasteiger charge is 2.34. The van der Waals surface area contributed by atoms with Gasteiger partial charge in [-0.25, -0.2) is 4.98 Å². The third-order valence-corrected chi connectivity index (χ3v) is 2.14. The lowest BCUT2D eigenvalue weighted by atomic mass is 10.2. The number of imidazole rings is 1. The van der Waals surface area contributed by atoms with E-state index in [0.29, 0.717) is 12.8 Å². The van der Waals surface area contributed by atoms with Crippen LogP contribution in [0.2, 0.25) is 0 Å². The van der Waals surface area contributed by atoms with Crippen LogP contribution >= 0.6 is 0 Å². The number of terminal acetylenes is 1. The van der Waals surface area contributed by atoms with Crippen molar-refractivity contribution in [3.63, 3.8) is 0 Å². The number of anilines is 1. The number of hydrogen-bond acceptors (Lipinski definition) is 2. The Kier molecular flexibility index (Phi) is 4.37. The second-order valence-corrected chi connectivity index (χ2v) is 3.66. The monoisotopic (exact) mass is 259 g/mol. The van der Waals surface area contributed by atoms with Crippen molar-refractivity contribution in [3.8, 4) is 12.3 Å². The van der Waals surface area contributed by atoms with E-state index in [-0.39, 0.29) is 12.4 Å². The van der Waals surface area contributed by atoms with Crippen molar-refractivity contribution >= 4 is 11.9 Å². The molecule has 0 saturated heterocycles. The quantitative estimate of drug-likeness (QED) is 0.665. The molecule has 0 unspecified atom stereocenters. The van der Waals surface area contributed by atoms with Crippen molar-refractivity contribution in [1.82, 2.24) is 9.55 Å². The van der Waals surface area contributed by atoms with Gasteiger partial charge < -0.3 is 4.57 Å². The minimum absolute atomic E-state index is 0.131. The number of aromatic nitrogens is 2. The third kappa shape index (κ3) is 3.80. The number of alkyl halides is 3. The van der Waals surface area contributed by atoms with E-state index in [9.17, 15) is 18.0 Å². The molecule has 0 saturated carbocycles. The first-order chi connectivity index (χ1) is 8.34. The summed E-state index contributed by atoms with van der Waals surface area (Å²) in [6.45, 7) is 0. The van der Waals surface area contributed by atoms with Crippen LogP contribution in [0.1, 0.15) is 25.0 Å². The van der Waals surface area contributed by atoms with E-state index in [4.69, 9.17) is 6.42 Å². The minimum Gasteiger partial charge on any atom is -0.320 e. The SMILES string of the molecule is C#CCCCC(=O)Nc1nc(C(F)(F)F)cn1C. The summed E-state index contributed by atoms with van der Waals surface area (Å²) in [6, 6.07) is 0. The number of nitrogens with one attached hydrogen (secondary N) is 1. The number of aryl methyl sites for hydroxylation is 1. The molecular weight excluding hydrogens is 247 g/mol. The fraction of sp³-hybridized carbons (Fsp3) is 0.455. The number of unbranched alkanes of at least 4 members (excludes halogenated alkanes) is 1. The van der Waals surface area contributed by atoms with Gasteiger partial charge in [-0.1, -0.05) is 0 Å². The summed E-state index contributed by atoms with van der Waals surface area (Å²) < 4.78 is 38.2. The molecule has 98 valence electrons. The normalized spacial score (nSPS) is 11.1. The average molecular weight is 259 g/mol. The van der Waals surface area contributed by atoms with Crippen molar-refractivity contribution in [2.75, 3.05) is 5.32 Å². The lowest BCUT2D eigenvalue weighted by Gasteiger charge is -2.03. The van der Waals surface area contributed by atoms with Crippen LogP contribution in [0.25, 0.3) is 0 Å². The number of amides is 1. The number of hydrogen-bond donors (Lipinski definition) is 1. The third-order valence-electron chi connectivity index (χ3n) is 2.14. The first-order valence-corrected chi connectivity index (χ1v) is 5.18. The van der Waals surface area contributed by atoms with Gasteiger partial charge in [0.1, 0.15) is 0 Å². The Morgan fingerprint density at radius 1 is 1.61 bits per heavy atom. The van der Waals surface area contributed by atoms with Gasteiger partial charge >= 0.3 is 6.18 Å². The molecule has 1 rings (SSSR count). The number of halogens is 3. The number of carbonyl (C=O) groups excluding carboxylic acids is 1. The molecule has 0 aliphatic heterocycles. The molecule has 1 heterocycles. The van der Waals surface area contributed by atoms with Gasteiger partial charge in [0, 0.05) is 26.1 Å². The van der Waals surface area contributed by atoms with E-state index in [1.54, 1.807) is 0 Å². The molecule has 0 bridgehead atoms. The summed E-state index contributed by atoms with van der Waals surface area (Å²) in [7, 11) is 1.37. The molecule has 0 atom stereocenters. The van der Waals surface area contributed by atoms with Crippen molar-refractivity contribution in [3.05, 3.63) is 11.9 Å². The second kappa shape index (κ2) is 5.58. The van der Waals surface area contributed by atoms with E-state index in [1.807, 2.05) is 0 Å². The molecule has 1 amide bonds. The molecule has 0 fully saturated rings. The zero-order chi connectivity index (χ0) is 13.8. The van der Waals surface area contributed by atoms with Gasteiger partial charge in [-0.05, 0) is 6.42 Å². The molecule has 0 aromatic carbocycles. The van der Waals surface area contributed by atoms with Gasteiger partial charge in [0.2, 0.25) is 11.9 Å². The Morgan fingerprint density at radius 2 is 2.28 bits per heavy atom.